The van der Waals surface area contributed by atoms with Crippen molar-refractivity contribution in [2.45, 2.75) is 31.6 Å². The van der Waals surface area contributed by atoms with Gasteiger partial charge < -0.3 is 10.0 Å². The molecule has 0 aromatic carbocycles. The lowest BCUT2D eigenvalue weighted by molar-refractivity contribution is -0.135. The van der Waals surface area contributed by atoms with Crippen LogP contribution in [0.1, 0.15) is 20.8 Å². The maximum Gasteiger partial charge on any atom is 0.240 e. The van der Waals surface area contributed by atoms with E-state index in [9.17, 15) is 13.2 Å². The summed E-state index contributed by atoms with van der Waals surface area (Å²) in [6.45, 7) is 4.47. The van der Waals surface area contributed by atoms with Crippen molar-refractivity contribution >= 4 is 15.7 Å². The first-order valence-corrected chi connectivity index (χ1v) is 6.57. The van der Waals surface area contributed by atoms with Crippen LogP contribution in [0.4, 0.5) is 0 Å². The first kappa shape index (κ1) is 14.4. The number of aliphatic hydroxyl groups excluding tert-OH is 1. The Kier molecular flexibility index (Phi) is 4.30. The van der Waals surface area contributed by atoms with Gasteiger partial charge in [0.25, 0.3) is 0 Å². The quantitative estimate of drug-likeness (QED) is 0.725. The number of likely N-dealkylation sites (N-methyl/N-ethyl adjacent to an activating group) is 1. The third-order valence-corrected chi connectivity index (χ3v) is 4.10. The zero-order chi connectivity index (χ0) is 12.4. The Morgan fingerprint density at radius 3 is 2.13 bits per heavy atom. The Morgan fingerprint density at radius 2 is 1.87 bits per heavy atom. The number of aliphatic hydroxyl groups is 1. The molecule has 1 atom stereocenters. The first-order valence-electron chi connectivity index (χ1n) is 4.61. The molecule has 0 aromatic heterocycles. The Hall–Kier alpha value is -0.620. The molecule has 0 aromatic rings. The van der Waals surface area contributed by atoms with Crippen molar-refractivity contribution in [1.29, 1.82) is 0 Å². The Labute approximate surface area is 91.0 Å². The summed E-state index contributed by atoms with van der Waals surface area (Å²) in [5.74, 6) is -0.503. The molecular formula is C9H19NO4S. The van der Waals surface area contributed by atoms with Gasteiger partial charge in [-0.15, -0.1) is 0 Å². The molecule has 0 bridgehead atoms. The van der Waals surface area contributed by atoms with E-state index in [1.165, 1.54) is 18.9 Å². The van der Waals surface area contributed by atoms with Crippen LogP contribution in [-0.2, 0) is 14.6 Å². The molecule has 5 nitrogen and oxygen atoms in total. The second kappa shape index (κ2) is 4.49. The van der Waals surface area contributed by atoms with Crippen LogP contribution in [0, 0.1) is 0 Å². The largest absolute Gasteiger partial charge is 0.394 e. The lowest BCUT2D eigenvalue weighted by Crippen LogP contribution is -2.52. The minimum Gasteiger partial charge on any atom is -0.394 e. The number of amides is 1. The van der Waals surface area contributed by atoms with Crippen LogP contribution in [0.5, 0.6) is 0 Å². The van der Waals surface area contributed by atoms with E-state index >= 15 is 0 Å². The fourth-order valence-electron chi connectivity index (χ4n) is 0.860. The van der Waals surface area contributed by atoms with Crippen LogP contribution >= 0.6 is 0 Å². The van der Waals surface area contributed by atoms with Crippen LogP contribution in [-0.4, -0.2) is 55.0 Å². The van der Waals surface area contributed by atoms with E-state index in [1.54, 1.807) is 13.8 Å². The van der Waals surface area contributed by atoms with Gasteiger partial charge in [0.15, 0.2) is 9.84 Å². The summed E-state index contributed by atoms with van der Waals surface area (Å²) in [5.41, 5.74) is -0.754. The molecule has 1 amide bonds. The summed E-state index contributed by atoms with van der Waals surface area (Å²) in [6.07, 6.45) is 1.02. The highest BCUT2D eigenvalue weighted by molar-refractivity contribution is 7.92. The summed E-state index contributed by atoms with van der Waals surface area (Å²) in [4.78, 5) is 13.0. The van der Waals surface area contributed by atoms with Crippen molar-refractivity contribution in [2.24, 2.45) is 0 Å². The molecule has 0 fully saturated rings. The summed E-state index contributed by atoms with van der Waals surface area (Å²) in [7, 11) is -1.90. The van der Waals surface area contributed by atoms with Gasteiger partial charge in [-0.3, -0.25) is 4.79 Å². The van der Waals surface area contributed by atoms with Gasteiger partial charge in [-0.25, -0.2) is 8.42 Å². The topological polar surface area (TPSA) is 74.7 Å². The van der Waals surface area contributed by atoms with E-state index in [-0.39, 0.29) is 6.61 Å². The van der Waals surface area contributed by atoms with Gasteiger partial charge in [0.05, 0.1) is 12.1 Å². The number of carbonyl (C=O) groups is 1. The van der Waals surface area contributed by atoms with Gasteiger partial charge in [0.1, 0.15) is 5.25 Å². The van der Waals surface area contributed by atoms with Gasteiger partial charge >= 0.3 is 0 Å². The predicted molar refractivity (Wildman–Crippen MR) is 58.2 cm³/mol. The molecule has 1 unspecified atom stereocenters. The summed E-state index contributed by atoms with van der Waals surface area (Å²) in [5, 5.41) is 7.98. The smallest absolute Gasteiger partial charge is 0.240 e. The molecule has 0 aliphatic rings. The molecule has 0 spiro atoms. The molecule has 0 saturated carbocycles. The van der Waals surface area contributed by atoms with Crippen molar-refractivity contribution in [3.05, 3.63) is 0 Å². The molecule has 6 heteroatoms. The molecular weight excluding hydrogens is 218 g/mol. The highest BCUT2D eigenvalue weighted by Gasteiger charge is 2.33. The minimum atomic E-state index is -3.39. The molecule has 0 aliphatic carbocycles. The van der Waals surface area contributed by atoms with Crippen LogP contribution in [0.25, 0.3) is 0 Å². The van der Waals surface area contributed by atoms with Crippen molar-refractivity contribution in [2.75, 3.05) is 19.9 Å². The highest BCUT2D eigenvalue weighted by atomic mass is 32.2. The lowest BCUT2D eigenvalue weighted by Gasteiger charge is -2.35. The van der Waals surface area contributed by atoms with E-state index in [1.807, 2.05) is 0 Å². The Bertz CT molecular complexity index is 334. The fraction of sp³-hybridized carbons (Fsp3) is 0.889. The standard InChI is InChI=1S/C9H19NO4S/c1-7(15(5,13)14)8(12)10(4)9(2,3)6-11/h7,11H,6H2,1-5H3. The SMILES string of the molecule is CC(C(=O)N(C)C(C)(C)CO)S(C)(=O)=O. The van der Waals surface area contributed by atoms with Crippen LogP contribution in [0.3, 0.4) is 0 Å². The third kappa shape index (κ3) is 3.46. The molecule has 15 heavy (non-hydrogen) atoms. The second-order valence-corrected chi connectivity index (χ2v) is 6.71. The van der Waals surface area contributed by atoms with E-state index in [0.717, 1.165) is 6.26 Å². The van der Waals surface area contributed by atoms with Crippen LogP contribution in [0.15, 0.2) is 0 Å². The summed E-state index contributed by atoms with van der Waals surface area (Å²) >= 11 is 0. The van der Waals surface area contributed by atoms with Gasteiger partial charge in [0.2, 0.25) is 5.91 Å². The fourth-order valence-corrected chi connectivity index (χ4v) is 1.38. The number of rotatable bonds is 4. The normalized spacial score (nSPS) is 14.8. The maximum atomic E-state index is 11.7. The van der Waals surface area contributed by atoms with Crippen LogP contribution < -0.4 is 0 Å². The molecule has 0 heterocycles. The zero-order valence-corrected chi connectivity index (χ0v) is 10.6. The van der Waals surface area contributed by atoms with Crippen molar-refractivity contribution in [1.82, 2.24) is 4.90 Å². The highest BCUT2D eigenvalue weighted by Crippen LogP contribution is 2.14. The van der Waals surface area contributed by atoms with E-state index in [4.69, 9.17) is 5.11 Å². The van der Waals surface area contributed by atoms with Gasteiger partial charge in [-0.2, -0.15) is 0 Å². The van der Waals surface area contributed by atoms with E-state index < -0.39 is 26.5 Å². The summed E-state index contributed by atoms with van der Waals surface area (Å²) < 4.78 is 22.4. The monoisotopic (exact) mass is 237 g/mol. The number of carbonyl (C=O) groups excluding carboxylic acids is 1. The average molecular weight is 237 g/mol. The molecule has 0 saturated heterocycles. The molecule has 0 rings (SSSR count). The minimum absolute atomic E-state index is 0.217. The second-order valence-electron chi connectivity index (χ2n) is 4.34. The number of sulfone groups is 1. The van der Waals surface area contributed by atoms with Crippen LogP contribution in [0.2, 0.25) is 0 Å². The number of hydrogen-bond donors (Lipinski definition) is 1. The Balaban J connectivity index is 4.90. The van der Waals surface area contributed by atoms with Crippen molar-refractivity contribution in [3.63, 3.8) is 0 Å². The maximum absolute atomic E-state index is 11.7. The average Bonchev–Trinajstić information content (AvgIpc) is 2.12. The van der Waals surface area contributed by atoms with Crippen molar-refractivity contribution < 1.29 is 18.3 Å². The van der Waals surface area contributed by atoms with Gasteiger partial charge in [-0.1, -0.05) is 0 Å². The van der Waals surface area contributed by atoms with Gasteiger partial charge in [-0.05, 0) is 20.8 Å². The first-order chi connectivity index (χ1) is 6.54. The lowest BCUT2D eigenvalue weighted by atomic mass is 10.0. The summed E-state index contributed by atoms with van der Waals surface area (Å²) in [6, 6.07) is 0. The Morgan fingerprint density at radius 1 is 1.47 bits per heavy atom. The van der Waals surface area contributed by atoms with Gasteiger partial charge in [0, 0.05) is 13.3 Å². The predicted octanol–water partition coefficient (Wildman–Crippen LogP) is -0.351. The number of nitrogens with zero attached hydrogens (tertiary/aromatic N) is 1. The molecule has 1 N–H and O–H groups in total. The van der Waals surface area contributed by atoms with E-state index in [2.05, 4.69) is 0 Å². The third-order valence-electron chi connectivity index (χ3n) is 2.62. The molecule has 90 valence electrons. The molecule has 0 aliphatic heterocycles. The zero-order valence-electron chi connectivity index (χ0n) is 9.81. The van der Waals surface area contributed by atoms with Crippen molar-refractivity contribution in [3.8, 4) is 0 Å². The number of hydrogen-bond acceptors (Lipinski definition) is 4. The van der Waals surface area contributed by atoms with E-state index in [0.29, 0.717) is 0 Å². The molecule has 0 radical (unpaired) electrons.